The molecule has 2 nitrogen and oxygen atoms in total. The van der Waals surface area contributed by atoms with Crippen molar-refractivity contribution in [1.29, 1.82) is 0 Å². The van der Waals surface area contributed by atoms with Gasteiger partial charge in [0.05, 0.1) is 0 Å². The van der Waals surface area contributed by atoms with Crippen molar-refractivity contribution in [2.75, 3.05) is 0 Å². The number of benzene rings is 3. The fraction of sp³-hybridized carbons (Fsp3) is 0.0968. The fourth-order valence-corrected chi connectivity index (χ4v) is 3.52. The summed E-state index contributed by atoms with van der Waals surface area (Å²) in [4.78, 5) is 8.71. The Labute approximate surface area is 220 Å². The quantitative estimate of drug-likeness (QED) is 0.189. The first-order valence-electron chi connectivity index (χ1n) is 11.3. The summed E-state index contributed by atoms with van der Waals surface area (Å²) in [6, 6.07) is 35.2. The van der Waals surface area contributed by atoms with Crippen LogP contribution in [0.25, 0.3) is 33.6 Å². The molecule has 2 heterocycles. The Hall–Kier alpha value is -3.46. The Morgan fingerprint density at radius 2 is 1.43 bits per heavy atom. The molecule has 5 aromatic rings. The average molecular weight is 637 g/mol. The van der Waals surface area contributed by atoms with Gasteiger partial charge in [-0.15, -0.1) is 71.8 Å². The van der Waals surface area contributed by atoms with Crippen LogP contribution in [0.3, 0.4) is 0 Å². The van der Waals surface area contributed by atoms with E-state index in [2.05, 4.69) is 28.2 Å². The van der Waals surface area contributed by atoms with Gasteiger partial charge in [-0.05, 0) is 65.2 Å². The second kappa shape index (κ2) is 12.8. The minimum atomic E-state index is -0.146. The maximum absolute atomic E-state index is 13.6. The second-order valence-electron chi connectivity index (χ2n) is 7.86. The zero-order valence-electron chi connectivity index (χ0n) is 19.6. The molecule has 0 atom stereocenters. The van der Waals surface area contributed by atoms with E-state index in [1.54, 1.807) is 6.20 Å². The van der Waals surface area contributed by atoms with Gasteiger partial charge >= 0.3 is 0 Å². The van der Waals surface area contributed by atoms with Crippen LogP contribution in [0.15, 0.2) is 103 Å². The Morgan fingerprint density at radius 1 is 0.743 bits per heavy atom. The molecule has 0 unspecified atom stereocenters. The molecule has 0 saturated heterocycles. The molecule has 5 rings (SSSR count). The Balaban J connectivity index is 0.000000211. The summed E-state index contributed by atoms with van der Waals surface area (Å²) < 4.78 is 13.6. The molecule has 0 amide bonds. The summed E-state index contributed by atoms with van der Waals surface area (Å²) in [5.74, 6) is -0.146. The molecule has 177 valence electrons. The topological polar surface area (TPSA) is 25.8 Å². The number of aromatic nitrogens is 2. The maximum atomic E-state index is 13.6. The van der Waals surface area contributed by atoms with E-state index in [1.807, 2.05) is 98.9 Å². The Kier molecular flexibility index (Phi) is 9.60. The van der Waals surface area contributed by atoms with Crippen molar-refractivity contribution in [3.8, 4) is 33.6 Å². The molecule has 4 heteroatoms. The van der Waals surface area contributed by atoms with Crippen molar-refractivity contribution >= 4 is 0 Å². The molecule has 3 aromatic carbocycles. The largest absolute Gasteiger partial charge is 0.305 e. The molecule has 0 bridgehead atoms. The van der Waals surface area contributed by atoms with Crippen LogP contribution >= 0.6 is 0 Å². The first-order chi connectivity index (χ1) is 16.6. The van der Waals surface area contributed by atoms with Gasteiger partial charge in [0, 0.05) is 32.5 Å². The third kappa shape index (κ3) is 7.02. The van der Waals surface area contributed by atoms with Crippen molar-refractivity contribution < 1.29 is 24.5 Å². The normalized spacial score (nSPS) is 10.0. The first kappa shape index (κ1) is 26.1. The van der Waals surface area contributed by atoms with Crippen LogP contribution in [0.4, 0.5) is 4.39 Å². The molecule has 0 aliphatic carbocycles. The molecular formula is C31H25FIrN2-2. The smallest absolute Gasteiger partial charge is 0.126 e. The number of nitrogens with zero attached hydrogens (tertiary/aromatic N) is 2. The van der Waals surface area contributed by atoms with Crippen LogP contribution in [0.1, 0.15) is 18.1 Å². The van der Waals surface area contributed by atoms with Gasteiger partial charge in [0.25, 0.3) is 0 Å². The number of hydrogen-bond donors (Lipinski definition) is 0. The average Bonchev–Trinajstić information content (AvgIpc) is 2.91. The van der Waals surface area contributed by atoms with E-state index in [1.165, 1.54) is 11.6 Å². The Morgan fingerprint density at radius 3 is 2.03 bits per heavy atom. The fourth-order valence-electron chi connectivity index (χ4n) is 3.52. The van der Waals surface area contributed by atoms with Crippen molar-refractivity contribution in [3.05, 3.63) is 132 Å². The summed E-state index contributed by atoms with van der Waals surface area (Å²) in [6.07, 6.45) is 4.33. The summed E-state index contributed by atoms with van der Waals surface area (Å²) in [5, 5.41) is 0. The molecule has 1 radical (unpaired) electrons. The monoisotopic (exact) mass is 637 g/mol. The van der Waals surface area contributed by atoms with Gasteiger partial charge in [-0.1, -0.05) is 31.2 Å². The van der Waals surface area contributed by atoms with E-state index in [9.17, 15) is 4.39 Å². The summed E-state index contributed by atoms with van der Waals surface area (Å²) >= 11 is 0. The first-order valence-corrected chi connectivity index (χ1v) is 11.3. The molecule has 0 spiro atoms. The van der Waals surface area contributed by atoms with E-state index in [0.717, 1.165) is 39.2 Å². The van der Waals surface area contributed by atoms with Crippen LogP contribution in [-0.4, -0.2) is 9.97 Å². The minimum Gasteiger partial charge on any atom is -0.305 e. The van der Waals surface area contributed by atoms with Crippen molar-refractivity contribution in [3.63, 3.8) is 0 Å². The molecule has 35 heavy (non-hydrogen) atoms. The van der Waals surface area contributed by atoms with E-state index >= 15 is 0 Å². The number of halogens is 1. The predicted octanol–water partition coefficient (Wildman–Crippen LogP) is 7.77. The molecular weight excluding hydrogens is 612 g/mol. The van der Waals surface area contributed by atoms with Gasteiger partial charge in [0.1, 0.15) is 5.82 Å². The number of hydrogen-bond acceptors (Lipinski definition) is 2. The van der Waals surface area contributed by atoms with Gasteiger partial charge < -0.3 is 9.97 Å². The molecule has 0 N–H and O–H groups in total. The van der Waals surface area contributed by atoms with Gasteiger partial charge in [-0.25, -0.2) is 4.39 Å². The third-order valence-corrected chi connectivity index (χ3v) is 5.40. The predicted molar refractivity (Wildman–Crippen MR) is 137 cm³/mol. The van der Waals surface area contributed by atoms with E-state index < -0.39 is 0 Å². The van der Waals surface area contributed by atoms with Gasteiger partial charge in [-0.2, -0.15) is 0 Å². The van der Waals surface area contributed by atoms with Crippen LogP contribution in [0.2, 0.25) is 0 Å². The van der Waals surface area contributed by atoms with Crippen LogP contribution in [0.5, 0.6) is 0 Å². The molecule has 0 aliphatic heterocycles. The number of rotatable bonds is 4. The zero-order chi connectivity index (χ0) is 23.8. The summed E-state index contributed by atoms with van der Waals surface area (Å²) in [7, 11) is 0. The molecule has 0 fully saturated rings. The summed E-state index contributed by atoms with van der Waals surface area (Å²) in [6.45, 7) is 3.99. The molecule has 0 saturated carbocycles. The Bertz CT molecular complexity index is 1340. The SMILES string of the molecule is CCc1cc(-c2ccnc(-c3[c-]cccc3)c2)ccc1F.Cc1ccc(-c2[c-]cccc2)nc1.[Ir]. The summed E-state index contributed by atoms with van der Waals surface area (Å²) in [5.41, 5.74) is 7.80. The minimum absolute atomic E-state index is 0. The van der Waals surface area contributed by atoms with Crippen molar-refractivity contribution in [1.82, 2.24) is 9.97 Å². The molecule has 2 aromatic heterocycles. The second-order valence-corrected chi connectivity index (χ2v) is 7.86. The van der Waals surface area contributed by atoms with Gasteiger partial charge in [0.2, 0.25) is 0 Å². The van der Waals surface area contributed by atoms with Gasteiger partial charge in [-0.3, -0.25) is 0 Å². The third-order valence-electron chi connectivity index (χ3n) is 5.40. The van der Waals surface area contributed by atoms with E-state index in [-0.39, 0.29) is 25.9 Å². The van der Waals surface area contributed by atoms with Crippen LogP contribution in [0, 0.1) is 24.9 Å². The van der Waals surface area contributed by atoms with Crippen molar-refractivity contribution in [2.24, 2.45) is 0 Å². The van der Waals surface area contributed by atoms with Crippen LogP contribution < -0.4 is 0 Å². The van der Waals surface area contributed by atoms with E-state index in [0.29, 0.717) is 6.42 Å². The number of pyridine rings is 2. The number of aryl methyl sites for hydroxylation is 2. The van der Waals surface area contributed by atoms with E-state index in [4.69, 9.17) is 0 Å². The zero-order valence-corrected chi connectivity index (χ0v) is 22.0. The standard InChI is InChI=1S/C19H15FN.C12H10N.Ir/c1-2-14-12-16(8-9-18(14)20)17-10-11-21-19(13-17)15-6-4-3-5-7-15;1-10-7-8-12(13-9-10)11-5-3-2-4-6-11;/h3-6,8-13H,2H2,1H3;2-5,7-9H,1H3;/q2*-1;. The molecule has 0 aliphatic rings. The maximum Gasteiger partial charge on any atom is 0.126 e. The van der Waals surface area contributed by atoms with Crippen molar-refractivity contribution in [2.45, 2.75) is 20.3 Å². The van der Waals surface area contributed by atoms with Crippen LogP contribution in [-0.2, 0) is 26.5 Å². The van der Waals surface area contributed by atoms with Gasteiger partial charge in [0.15, 0.2) is 0 Å².